The fraction of sp³-hybridized carbons (Fsp3) is 0.292. The van der Waals surface area contributed by atoms with Crippen LogP contribution in [0.4, 0.5) is 17.3 Å². The number of nitrogens with one attached hydrogen (secondary N) is 2. The van der Waals surface area contributed by atoms with Crippen molar-refractivity contribution in [3.63, 3.8) is 0 Å². The zero-order valence-corrected chi connectivity index (χ0v) is 20.1. The lowest BCUT2D eigenvalue weighted by atomic mass is 10.2. The summed E-state index contributed by atoms with van der Waals surface area (Å²) in [7, 11) is 4.07. The lowest BCUT2D eigenvalue weighted by molar-refractivity contribution is 0.425. The smallest absolute Gasteiger partial charge is 0.247 e. The Hall–Kier alpha value is -4.43. The van der Waals surface area contributed by atoms with Crippen LogP contribution in [0, 0.1) is 18.3 Å². The lowest BCUT2D eigenvalue weighted by Crippen LogP contribution is -2.20. The Morgan fingerprint density at radius 3 is 2.86 bits per heavy atom. The van der Waals surface area contributed by atoms with Gasteiger partial charge in [0.15, 0.2) is 5.82 Å². The number of likely N-dealkylation sites (N-methyl/N-ethyl adjacent to an activating group) is 1. The van der Waals surface area contributed by atoms with Gasteiger partial charge in [0.2, 0.25) is 5.88 Å². The van der Waals surface area contributed by atoms with Gasteiger partial charge in [0.05, 0.1) is 6.04 Å². The second-order valence-corrected chi connectivity index (χ2v) is 8.39. The number of nitrogens with two attached hydrogens (primary N) is 1. The molecular weight excluding hydrogens is 444 g/mol. The van der Waals surface area contributed by atoms with Gasteiger partial charge >= 0.3 is 0 Å². The molecule has 1 atom stereocenters. The molecule has 0 bridgehead atoms. The van der Waals surface area contributed by atoms with Crippen molar-refractivity contribution in [1.82, 2.24) is 29.5 Å². The van der Waals surface area contributed by atoms with Crippen molar-refractivity contribution in [1.29, 1.82) is 5.26 Å². The van der Waals surface area contributed by atoms with Crippen LogP contribution in [0.15, 0.2) is 42.9 Å². The highest BCUT2D eigenvalue weighted by Crippen LogP contribution is 2.30. The number of ether oxygens (including phenoxy) is 1. The SMILES string of the molecule is Cc1ccn2nc(C(C)Nc3ncnc(N)c3C#N)nc(Oc3cccc(NCCN(C)C)c3)c12. The van der Waals surface area contributed by atoms with Crippen LogP contribution in [0.3, 0.4) is 0 Å². The summed E-state index contributed by atoms with van der Waals surface area (Å²) in [6.07, 6.45) is 3.16. The van der Waals surface area contributed by atoms with Crippen molar-refractivity contribution in [2.24, 2.45) is 0 Å². The van der Waals surface area contributed by atoms with Gasteiger partial charge in [0.25, 0.3) is 0 Å². The largest absolute Gasteiger partial charge is 0.437 e. The summed E-state index contributed by atoms with van der Waals surface area (Å²) in [6.45, 7) is 5.59. The Bertz CT molecular complexity index is 1370. The van der Waals surface area contributed by atoms with Crippen molar-refractivity contribution in [3.8, 4) is 17.7 Å². The molecular formula is C24H28N10O. The van der Waals surface area contributed by atoms with Crippen LogP contribution in [-0.2, 0) is 0 Å². The molecule has 3 aromatic heterocycles. The standard InChI is InChI=1S/C24H28N10O/c1-15-8-10-34-20(15)24(35-18-7-5-6-17(12-18)27-9-11-33(3)4)31-22(32-34)16(2)30-23-19(13-25)21(26)28-14-29-23/h5-8,10,12,14,16,27H,9,11H2,1-4H3,(H3,26,28,29,30). The molecule has 0 aliphatic heterocycles. The van der Waals surface area contributed by atoms with Gasteiger partial charge in [0, 0.05) is 31.0 Å². The first-order valence-electron chi connectivity index (χ1n) is 11.1. The molecule has 4 N–H and O–H groups in total. The Morgan fingerprint density at radius 1 is 1.26 bits per heavy atom. The van der Waals surface area contributed by atoms with Gasteiger partial charge in [-0.2, -0.15) is 15.3 Å². The monoisotopic (exact) mass is 472 g/mol. The molecule has 3 heterocycles. The molecule has 0 aliphatic carbocycles. The molecule has 4 aromatic rings. The number of nitrogens with zero attached hydrogens (tertiary/aromatic N) is 7. The predicted molar refractivity (Wildman–Crippen MR) is 134 cm³/mol. The van der Waals surface area contributed by atoms with E-state index < -0.39 is 6.04 Å². The average Bonchev–Trinajstić information content (AvgIpc) is 3.20. The minimum absolute atomic E-state index is 0.109. The summed E-state index contributed by atoms with van der Waals surface area (Å²) in [5.74, 6) is 1.98. The van der Waals surface area contributed by atoms with Crippen molar-refractivity contribution in [3.05, 3.63) is 59.8 Å². The Balaban J connectivity index is 1.63. The third-order valence-corrected chi connectivity index (χ3v) is 5.36. The van der Waals surface area contributed by atoms with E-state index in [0.717, 1.165) is 29.9 Å². The second kappa shape index (κ2) is 10.2. The van der Waals surface area contributed by atoms with Crippen molar-refractivity contribution >= 4 is 22.8 Å². The molecule has 0 fully saturated rings. The van der Waals surface area contributed by atoms with Crippen LogP contribution < -0.4 is 21.1 Å². The first-order chi connectivity index (χ1) is 16.9. The van der Waals surface area contributed by atoms with Gasteiger partial charge < -0.3 is 26.0 Å². The molecule has 0 radical (unpaired) electrons. The van der Waals surface area contributed by atoms with E-state index in [1.165, 1.54) is 6.33 Å². The fourth-order valence-corrected chi connectivity index (χ4v) is 3.50. The molecule has 35 heavy (non-hydrogen) atoms. The van der Waals surface area contributed by atoms with Crippen molar-refractivity contribution in [2.75, 3.05) is 43.6 Å². The maximum absolute atomic E-state index is 9.43. The molecule has 1 aromatic carbocycles. The van der Waals surface area contributed by atoms with Crippen LogP contribution in [0.2, 0.25) is 0 Å². The summed E-state index contributed by atoms with van der Waals surface area (Å²) in [4.78, 5) is 14.9. The van der Waals surface area contributed by atoms with E-state index in [9.17, 15) is 5.26 Å². The maximum atomic E-state index is 9.43. The highest BCUT2D eigenvalue weighted by molar-refractivity contribution is 5.64. The summed E-state index contributed by atoms with van der Waals surface area (Å²) < 4.78 is 8.00. The van der Waals surface area contributed by atoms with Gasteiger partial charge in [-0.05, 0) is 51.7 Å². The third kappa shape index (κ3) is 5.39. The molecule has 0 aliphatic rings. The molecule has 0 spiro atoms. The third-order valence-electron chi connectivity index (χ3n) is 5.36. The summed E-state index contributed by atoms with van der Waals surface area (Å²) in [5, 5.41) is 20.6. The first-order valence-corrected chi connectivity index (χ1v) is 11.1. The molecule has 1 unspecified atom stereocenters. The number of rotatable bonds is 9. The highest BCUT2D eigenvalue weighted by Gasteiger charge is 2.19. The number of hydrogen-bond acceptors (Lipinski definition) is 10. The molecule has 11 heteroatoms. The number of aromatic nitrogens is 5. The van der Waals surface area contributed by atoms with Crippen molar-refractivity contribution < 1.29 is 4.74 Å². The number of nitriles is 1. The van der Waals surface area contributed by atoms with Gasteiger partial charge in [-0.3, -0.25) is 0 Å². The minimum Gasteiger partial charge on any atom is -0.437 e. The number of hydrogen-bond donors (Lipinski definition) is 3. The van der Waals surface area contributed by atoms with Crippen LogP contribution in [-0.4, -0.2) is 56.7 Å². The van der Waals surface area contributed by atoms with E-state index >= 15 is 0 Å². The average molecular weight is 473 g/mol. The maximum Gasteiger partial charge on any atom is 0.247 e. The minimum atomic E-state index is -0.398. The Kier molecular flexibility index (Phi) is 6.93. The van der Waals surface area contributed by atoms with Gasteiger partial charge in [-0.15, -0.1) is 0 Å². The molecule has 0 amide bonds. The summed E-state index contributed by atoms with van der Waals surface area (Å²) >= 11 is 0. The zero-order chi connectivity index (χ0) is 24.9. The van der Waals surface area contributed by atoms with Crippen LogP contribution in [0.5, 0.6) is 11.6 Å². The van der Waals surface area contributed by atoms with Crippen LogP contribution in [0.25, 0.3) is 5.52 Å². The number of aryl methyl sites for hydroxylation is 1. The van der Waals surface area contributed by atoms with Crippen LogP contribution >= 0.6 is 0 Å². The van der Waals surface area contributed by atoms with E-state index in [4.69, 9.17) is 15.5 Å². The van der Waals surface area contributed by atoms with Gasteiger partial charge in [-0.1, -0.05) is 6.07 Å². The summed E-state index contributed by atoms with van der Waals surface area (Å²) in [6, 6.07) is 11.4. The topological polar surface area (TPSA) is 142 Å². The molecule has 0 saturated carbocycles. The lowest BCUT2D eigenvalue weighted by Gasteiger charge is -2.16. The predicted octanol–water partition coefficient (Wildman–Crippen LogP) is 3.22. The van der Waals surface area contributed by atoms with E-state index in [-0.39, 0.29) is 11.4 Å². The van der Waals surface area contributed by atoms with E-state index in [0.29, 0.717) is 23.3 Å². The first kappa shape index (κ1) is 23.7. The van der Waals surface area contributed by atoms with Gasteiger partial charge in [0.1, 0.15) is 40.9 Å². The highest BCUT2D eigenvalue weighted by atomic mass is 16.5. The zero-order valence-electron chi connectivity index (χ0n) is 20.1. The Morgan fingerprint density at radius 2 is 2.09 bits per heavy atom. The van der Waals surface area contributed by atoms with Crippen molar-refractivity contribution in [2.45, 2.75) is 19.9 Å². The Labute approximate surface area is 203 Å². The molecule has 0 saturated heterocycles. The normalized spacial score (nSPS) is 11.9. The number of benzene rings is 1. The number of anilines is 3. The molecule has 4 rings (SSSR count). The van der Waals surface area contributed by atoms with Crippen LogP contribution in [0.1, 0.15) is 29.9 Å². The fourth-order valence-electron chi connectivity index (χ4n) is 3.50. The van der Waals surface area contributed by atoms with E-state index in [1.54, 1.807) is 4.52 Å². The number of fused-ring (bicyclic) bond motifs is 1. The van der Waals surface area contributed by atoms with E-state index in [1.807, 2.05) is 70.5 Å². The molecule has 180 valence electrons. The quantitative estimate of drug-likeness (QED) is 0.332. The van der Waals surface area contributed by atoms with E-state index in [2.05, 4.69) is 30.6 Å². The van der Waals surface area contributed by atoms with Gasteiger partial charge in [-0.25, -0.2) is 14.5 Å². The number of nitrogen functional groups attached to an aromatic ring is 1. The summed E-state index contributed by atoms with van der Waals surface area (Å²) in [5.41, 5.74) is 8.71. The second-order valence-electron chi connectivity index (χ2n) is 8.39. The molecule has 11 nitrogen and oxygen atoms in total.